The van der Waals surface area contributed by atoms with Crippen molar-refractivity contribution < 1.29 is 4.79 Å². The van der Waals surface area contributed by atoms with E-state index in [1.165, 1.54) is 0 Å². The van der Waals surface area contributed by atoms with Gasteiger partial charge in [0.1, 0.15) is 0 Å². The number of nitrogens with two attached hydrogens (primary N) is 1. The van der Waals surface area contributed by atoms with Crippen molar-refractivity contribution in [3.63, 3.8) is 0 Å². The molecule has 0 spiro atoms. The van der Waals surface area contributed by atoms with Crippen LogP contribution in [0, 0.1) is 13.8 Å². The van der Waals surface area contributed by atoms with Crippen LogP contribution in [0.5, 0.6) is 0 Å². The summed E-state index contributed by atoms with van der Waals surface area (Å²) in [6.07, 6.45) is 1.03. The Morgan fingerprint density at radius 2 is 1.95 bits per heavy atom. The molecular weight excluding hydrogens is 278 g/mol. The Balaban J connectivity index is 1.80. The summed E-state index contributed by atoms with van der Waals surface area (Å²) in [5.74, 6) is -0.100. The summed E-state index contributed by atoms with van der Waals surface area (Å²) in [7, 11) is 0. The molecule has 6 nitrogen and oxygen atoms in total. The van der Waals surface area contributed by atoms with Crippen LogP contribution in [0.1, 0.15) is 28.9 Å². The van der Waals surface area contributed by atoms with Gasteiger partial charge in [-0.1, -0.05) is 18.7 Å². The van der Waals surface area contributed by atoms with Gasteiger partial charge in [0.15, 0.2) is 0 Å². The van der Waals surface area contributed by atoms with Gasteiger partial charge in [-0.3, -0.25) is 20.7 Å². The third kappa shape index (κ3) is 3.88. The van der Waals surface area contributed by atoms with Crippen molar-refractivity contribution in [2.75, 3.05) is 5.73 Å². The van der Waals surface area contributed by atoms with Gasteiger partial charge >= 0.3 is 0 Å². The molecule has 0 radical (unpaired) electrons. The van der Waals surface area contributed by atoms with Crippen molar-refractivity contribution >= 4 is 17.3 Å². The number of carbonyl (C=O) groups excluding carboxylic acids is 1. The van der Waals surface area contributed by atoms with Gasteiger partial charge in [0.2, 0.25) is 5.91 Å². The molecule has 116 valence electrons. The molecule has 0 aliphatic carbocycles. The first-order valence-electron chi connectivity index (χ1n) is 7.07. The predicted octanol–water partition coefficient (Wildman–Crippen LogP) is 1.83. The fourth-order valence-electron chi connectivity index (χ4n) is 2.15. The maximum Gasteiger partial charge on any atom is 0.238 e. The third-order valence-electron chi connectivity index (χ3n) is 3.49. The molecule has 2 rings (SSSR count). The number of benzene rings is 1. The molecule has 5 N–H and O–H groups in total. The fourth-order valence-corrected chi connectivity index (χ4v) is 2.15. The van der Waals surface area contributed by atoms with E-state index >= 15 is 0 Å². The van der Waals surface area contributed by atoms with Crippen molar-refractivity contribution in [1.82, 2.24) is 21.0 Å². The van der Waals surface area contributed by atoms with Crippen LogP contribution >= 0.6 is 0 Å². The number of aryl methyl sites for hydroxylation is 2. The molecular formula is C16H21N5O. The van der Waals surface area contributed by atoms with Gasteiger partial charge in [-0.2, -0.15) is 5.10 Å². The number of carbonyl (C=O) groups is 1. The lowest BCUT2D eigenvalue weighted by molar-refractivity contribution is -0.121. The van der Waals surface area contributed by atoms with Gasteiger partial charge in [-0.05, 0) is 43.5 Å². The number of hydrazine groups is 1. The summed E-state index contributed by atoms with van der Waals surface area (Å²) < 4.78 is 0. The minimum absolute atomic E-state index is 0.100. The molecule has 0 saturated carbocycles. The highest BCUT2D eigenvalue weighted by atomic mass is 16.2. The Kier molecular flexibility index (Phi) is 4.83. The first kappa shape index (κ1) is 15.6. The number of nitrogen functional groups attached to an aromatic ring is 1. The number of nitrogens with one attached hydrogen (secondary N) is 3. The second-order valence-corrected chi connectivity index (χ2v) is 5.19. The zero-order chi connectivity index (χ0) is 16.1. The second-order valence-electron chi connectivity index (χ2n) is 5.19. The number of hydrogen-bond donors (Lipinski definition) is 4. The molecule has 2 aromatic rings. The van der Waals surface area contributed by atoms with Gasteiger partial charge in [-0.15, -0.1) is 0 Å². The molecule has 1 aromatic carbocycles. The Morgan fingerprint density at radius 1 is 1.27 bits per heavy atom. The van der Waals surface area contributed by atoms with Gasteiger partial charge < -0.3 is 5.73 Å². The number of anilines is 1. The maximum absolute atomic E-state index is 11.9. The largest absolute Gasteiger partial charge is 0.399 e. The fraction of sp³-hybridized carbons (Fsp3) is 0.250. The number of aromatic amines is 1. The van der Waals surface area contributed by atoms with Gasteiger partial charge in [0, 0.05) is 17.8 Å². The van der Waals surface area contributed by atoms with Crippen molar-refractivity contribution in [3.8, 4) is 0 Å². The van der Waals surface area contributed by atoms with Gasteiger partial charge in [-0.25, -0.2) is 0 Å². The van der Waals surface area contributed by atoms with E-state index in [0.29, 0.717) is 24.2 Å². The minimum atomic E-state index is -0.100. The zero-order valence-corrected chi connectivity index (χ0v) is 12.9. The lowest BCUT2D eigenvalue weighted by Crippen LogP contribution is -2.36. The molecule has 0 atom stereocenters. The zero-order valence-electron chi connectivity index (χ0n) is 12.9. The second kappa shape index (κ2) is 6.80. The molecule has 0 aliphatic heterocycles. The topological polar surface area (TPSA) is 95.8 Å². The molecule has 0 fully saturated rings. The van der Waals surface area contributed by atoms with E-state index in [2.05, 4.69) is 27.6 Å². The molecule has 6 heteroatoms. The molecule has 1 amide bonds. The summed E-state index contributed by atoms with van der Waals surface area (Å²) in [6.45, 7) is 7.76. The van der Waals surface area contributed by atoms with Gasteiger partial charge in [0.05, 0.1) is 11.4 Å². The van der Waals surface area contributed by atoms with Crippen LogP contribution in [0.15, 0.2) is 30.8 Å². The highest BCUT2D eigenvalue weighted by Gasteiger charge is 2.09. The molecule has 0 aliphatic rings. The number of amides is 1. The number of nitrogens with zero attached hydrogens (tertiary/aromatic N) is 1. The van der Waals surface area contributed by atoms with E-state index < -0.39 is 0 Å². The average Bonchev–Trinajstić information content (AvgIpc) is 2.82. The maximum atomic E-state index is 11.9. The smallest absolute Gasteiger partial charge is 0.238 e. The summed E-state index contributed by atoms with van der Waals surface area (Å²) >= 11 is 0. The van der Waals surface area contributed by atoms with E-state index in [9.17, 15) is 4.79 Å². The summed E-state index contributed by atoms with van der Waals surface area (Å²) in [5.41, 5.74) is 16.3. The Bertz CT molecular complexity index is 653. The SMILES string of the molecule is C=C(NNC(=O)CCc1c(C)n[nH]c1C)c1ccc(N)cc1. The Hall–Kier alpha value is -2.76. The molecule has 1 heterocycles. The van der Waals surface area contributed by atoms with Crippen molar-refractivity contribution in [1.29, 1.82) is 0 Å². The van der Waals surface area contributed by atoms with Crippen LogP contribution in [0.3, 0.4) is 0 Å². The van der Waals surface area contributed by atoms with Crippen molar-refractivity contribution in [2.24, 2.45) is 0 Å². The van der Waals surface area contributed by atoms with Crippen LogP contribution in [0.25, 0.3) is 5.70 Å². The number of aromatic nitrogens is 2. The van der Waals surface area contributed by atoms with E-state index in [0.717, 1.165) is 22.5 Å². The lowest BCUT2D eigenvalue weighted by atomic mass is 10.1. The highest BCUT2D eigenvalue weighted by molar-refractivity contribution is 5.77. The van der Waals surface area contributed by atoms with E-state index in [1.807, 2.05) is 26.0 Å². The summed E-state index contributed by atoms with van der Waals surface area (Å²) in [4.78, 5) is 11.9. The monoisotopic (exact) mass is 299 g/mol. The number of H-pyrrole nitrogens is 1. The molecule has 0 bridgehead atoms. The van der Waals surface area contributed by atoms with Crippen molar-refractivity contribution in [3.05, 3.63) is 53.4 Å². The standard InChI is InChI=1S/C16H21N5O/c1-10(13-4-6-14(17)7-5-13)18-21-16(22)9-8-15-11(2)19-20-12(15)3/h4-7,18H,1,8-9,17H2,2-3H3,(H,19,20)(H,21,22). The van der Waals surface area contributed by atoms with Crippen LogP contribution in [0.4, 0.5) is 5.69 Å². The number of hydrogen-bond acceptors (Lipinski definition) is 4. The molecule has 22 heavy (non-hydrogen) atoms. The molecule has 0 saturated heterocycles. The van der Waals surface area contributed by atoms with E-state index in [-0.39, 0.29) is 5.91 Å². The third-order valence-corrected chi connectivity index (χ3v) is 3.49. The Labute approximate surface area is 129 Å². The predicted molar refractivity (Wildman–Crippen MR) is 87.5 cm³/mol. The Morgan fingerprint density at radius 3 is 2.55 bits per heavy atom. The van der Waals surface area contributed by atoms with E-state index in [4.69, 9.17) is 5.73 Å². The first-order valence-corrected chi connectivity index (χ1v) is 7.07. The molecule has 0 unspecified atom stereocenters. The van der Waals surface area contributed by atoms with E-state index in [1.54, 1.807) is 12.1 Å². The van der Waals surface area contributed by atoms with Crippen LogP contribution in [-0.2, 0) is 11.2 Å². The minimum Gasteiger partial charge on any atom is -0.399 e. The highest BCUT2D eigenvalue weighted by Crippen LogP contribution is 2.12. The van der Waals surface area contributed by atoms with Crippen LogP contribution in [0.2, 0.25) is 0 Å². The quantitative estimate of drug-likeness (QED) is 0.483. The van der Waals surface area contributed by atoms with Crippen LogP contribution < -0.4 is 16.6 Å². The van der Waals surface area contributed by atoms with Crippen molar-refractivity contribution in [2.45, 2.75) is 26.7 Å². The first-order chi connectivity index (χ1) is 10.5. The number of rotatable bonds is 6. The lowest BCUT2D eigenvalue weighted by Gasteiger charge is -2.11. The van der Waals surface area contributed by atoms with Gasteiger partial charge in [0.25, 0.3) is 0 Å². The molecule has 1 aromatic heterocycles. The summed E-state index contributed by atoms with van der Waals surface area (Å²) in [6, 6.07) is 7.26. The summed E-state index contributed by atoms with van der Waals surface area (Å²) in [5, 5.41) is 7.03. The van der Waals surface area contributed by atoms with Crippen LogP contribution in [-0.4, -0.2) is 16.1 Å². The normalized spacial score (nSPS) is 10.3. The average molecular weight is 299 g/mol.